The minimum Gasteiger partial charge on any atom is -0.393 e. The lowest BCUT2D eigenvalue weighted by Gasteiger charge is -2.41. The zero-order chi connectivity index (χ0) is 46.6. The van der Waals surface area contributed by atoms with Crippen LogP contribution in [0.2, 0.25) is 0 Å². The second kappa shape index (κ2) is 38.6. The van der Waals surface area contributed by atoms with Crippen LogP contribution < -0.4 is 5.32 Å². The highest BCUT2D eigenvalue weighted by molar-refractivity contribution is 7.47. The minimum absolute atomic E-state index is 0.263. The van der Waals surface area contributed by atoms with Gasteiger partial charge < -0.3 is 46.0 Å². The number of carbonyl (C=O) groups is 1. The predicted molar refractivity (Wildman–Crippen MR) is 252 cm³/mol. The summed E-state index contributed by atoms with van der Waals surface area (Å²) >= 11 is 0. The zero-order valence-corrected chi connectivity index (χ0v) is 40.1. The highest BCUT2D eigenvalue weighted by Gasteiger charge is 2.51. The van der Waals surface area contributed by atoms with E-state index >= 15 is 0 Å². The summed E-state index contributed by atoms with van der Waals surface area (Å²) in [7, 11) is -5.15. The third kappa shape index (κ3) is 30.4. The summed E-state index contributed by atoms with van der Waals surface area (Å²) in [5.41, 5.74) is 0. The molecule has 0 aromatic heterocycles. The Labute approximate surface area is 381 Å². The molecule has 8 unspecified atom stereocenters. The van der Waals surface area contributed by atoms with Crippen molar-refractivity contribution in [3.63, 3.8) is 0 Å². The fraction of sp³-hybridized carbons (Fsp3) is 0.857. The molecule has 1 aliphatic carbocycles. The maximum absolute atomic E-state index is 13.0. The van der Waals surface area contributed by atoms with Crippen molar-refractivity contribution in [2.24, 2.45) is 0 Å². The fourth-order valence-corrected chi connectivity index (χ4v) is 8.81. The minimum atomic E-state index is -5.15. The van der Waals surface area contributed by atoms with E-state index in [0.29, 0.717) is 12.8 Å². The van der Waals surface area contributed by atoms with E-state index < -0.39 is 75.2 Å². The molecular weight excluding hydrogens is 826 g/mol. The smallest absolute Gasteiger partial charge is 0.393 e. The first-order valence-corrected chi connectivity index (χ1v) is 26.5. The summed E-state index contributed by atoms with van der Waals surface area (Å²) in [5.74, 6) is -0.611. The summed E-state index contributed by atoms with van der Waals surface area (Å²) in [5, 5.41) is 74.5. The lowest BCUT2D eigenvalue weighted by Crippen LogP contribution is -2.64. The molecule has 1 amide bonds. The van der Waals surface area contributed by atoms with Gasteiger partial charge in [-0.2, -0.15) is 0 Å². The summed E-state index contributed by atoms with van der Waals surface area (Å²) in [6.45, 7) is 3.73. The largest absolute Gasteiger partial charge is 0.472 e. The van der Waals surface area contributed by atoms with Gasteiger partial charge in [0.15, 0.2) is 0 Å². The molecule has 0 radical (unpaired) electrons. The molecule has 9 N–H and O–H groups in total. The van der Waals surface area contributed by atoms with Crippen molar-refractivity contribution < 1.29 is 59.0 Å². The van der Waals surface area contributed by atoms with Crippen LogP contribution in [0.4, 0.5) is 0 Å². The summed E-state index contributed by atoms with van der Waals surface area (Å²) in [6, 6.07) is -1.26. The van der Waals surface area contributed by atoms with Gasteiger partial charge in [-0.25, -0.2) is 4.57 Å². The number of phosphoric acid groups is 1. The average molecular weight is 918 g/mol. The number of rotatable bonds is 41. The van der Waals surface area contributed by atoms with E-state index in [1.807, 2.05) is 0 Å². The molecule has 8 atom stereocenters. The van der Waals surface area contributed by atoms with E-state index in [1.165, 1.54) is 128 Å². The molecule has 14 heteroatoms. The number of hydrogen-bond acceptors (Lipinski definition) is 11. The maximum Gasteiger partial charge on any atom is 0.472 e. The monoisotopic (exact) mass is 918 g/mol. The lowest BCUT2D eigenvalue weighted by molar-refractivity contribution is -0.220. The number of carbonyl (C=O) groups excluding carboxylic acids is 1. The van der Waals surface area contributed by atoms with Crippen LogP contribution in [0, 0.1) is 0 Å². The molecular formula is C49H92NO12P. The highest BCUT2D eigenvalue weighted by Crippen LogP contribution is 2.47. The maximum atomic E-state index is 13.0. The molecule has 1 rings (SSSR count). The molecule has 0 saturated heterocycles. The first-order valence-electron chi connectivity index (χ1n) is 25.0. The SMILES string of the molecule is CCCCCCCCC/C=C\CCCCCC(O)CC(=O)NC(COP(=O)(O)OC1C(O)C(O)C(O)C(O)C1O)C(O)/C=C/CC/C=C/CCCCCCCCCCCCCCC. The van der Waals surface area contributed by atoms with Crippen molar-refractivity contribution in [3.8, 4) is 0 Å². The first-order chi connectivity index (χ1) is 30.3. The quantitative estimate of drug-likeness (QED) is 0.0159. The Bertz CT molecular complexity index is 1220. The lowest BCUT2D eigenvalue weighted by atomic mass is 9.85. The van der Waals surface area contributed by atoms with Gasteiger partial charge >= 0.3 is 7.82 Å². The van der Waals surface area contributed by atoms with Crippen LogP contribution in [0.5, 0.6) is 0 Å². The molecule has 370 valence electrons. The van der Waals surface area contributed by atoms with Gasteiger partial charge in [0.2, 0.25) is 5.91 Å². The Kier molecular flexibility index (Phi) is 36.5. The van der Waals surface area contributed by atoms with Gasteiger partial charge in [-0.05, 0) is 57.8 Å². The average Bonchev–Trinajstić information content (AvgIpc) is 3.26. The molecule has 0 heterocycles. The molecule has 0 aromatic carbocycles. The van der Waals surface area contributed by atoms with E-state index in [0.717, 1.165) is 51.4 Å². The van der Waals surface area contributed by atoms with Gasteiger partial charge in [-0.1, -0.05) is 179 Å². The molecule has 63 heavy (non-hydrogen) atoms. The summed E-state index contributed by atoms with van der Waals surface area (Å²) in [6.07, 6.45) is 30.9. The van der Waals surface area contributed by atoms with E-state index in [9.17, 15) is 50.0 Å². The number of unbranched alkanes of at least 4 members (excludes halogenated alkanes) is 24. The number of amides is 1. The summed E-state index contributed by atoms with van der Waals surface area (Å²) < 4.78 is 22.9. The van der Waals surface area contributed by atoms with Crippen LogP contribution in [0.25, 0.3) is 0 Å². The van der Waals surface area contributed by atoms with Crippen LogP contribution in [0.1, 0.15) is 206 Å². The predicted octanol–water partition coefficient (Wildman–Crippen LogP) is 8.92. The molecule has 0 aliphatic heterocycles. The molecule has 0 spiro atoms. The van der Waals surface area contributed by atoms with Gasteiger partial charge in [-0.3, -0.25) is 13.8 Å². The van der Waals surface area contributed by atoms with Crippen molar-refractivity contribution >= 4 is 13.7 Å². The molecule has 0 aromatic rings. The zero-order valence-electron chi connectivity index (χ0n) is 39.2. The normalized spacial score (nSPS) is 23.1. The standard InChI is InChI=1S/C49H92NO12P/c1-3-5-7-9-11-13-15-17-19-20-21-22-23-25-27-29-31-33-35-37-42(52)41(39-61-63(59,60)62-49-47(57)45(55)44(54)46(56)48(49)58)50-43(53)38-40(51)36-34-32-30-28-26-24-18-16-14-12-10-8-6-4-2/h24,26-27,29,35,37,40-42,44-49,51-52,54-58H,3-23,25,28,30-34,36,38-39H2,1-2H3,(H,50,53)(H,59,60)/b26-24-,29-27+,37-35+. The number of hydrogen-bond donors (Lipinski definition) is 9. The third-order valence-electron chi connectivity index (χ3n) is 11.9. The Morgan fingerprint density at radius 2 is 0.937 bits per heavy atom. The Balaban J connectivity index is 2.55. The van der Waals surface area contributed by atoms with Crippen LogP contribution >= 0.6 is 7.82 Å². The third-order valence-corrected chi connectivity index (χ3v) is 12.9. The molecule has 1 fully saturated rings. The Morgan fingerprint density at radius 3 is 1.40 bits per heavy atom. The molecule has 0 bridgehead atoms. The number of aliphatic hydroxyl groups is 7. The number of aliphatic hydroxyl groups excluding tert-OH is 7. The van der Waals surface area contributed by atoms with Crippen molar-refractivity contribution in [3.05, 3.63) is 36.5 Å². The summed E-state index contributed by atoms with van der Waals surface area (Å²) in [4.78, 5) is 23.5. The molecule has 13 nitrogen and oxygen atoms in total. The topological polar surface area (TPSA) is 226 Å². The van der Waals surface area contributed by atoms with Crippen LogP contribution in [-0.2, 0) is 18.4 Å². The molecule has 1 saturated carbocycles. The fourth-order valence-electron chi connectivity index (χ4n) is 7.84. The van der Waals surface area contributed by atoms with E-state index in [4.69, 9.17) is 9.05 Å². The van der Waals surface area contributed by atoms with Crippen LogP contribution in [-0.4, -0.2) is 108 Å². The Hall–Kier alpha value is -1.48. The van der Waals surface area contributed by atoms with E-state index in [1.54, 1.807) is 6.08 Å². The van der Waals surface area contributed by atoms with Crippen LogP contribution in [0.3, 0.4) is 0 Å². The van der Waals surface area contributed by atoms with Gasteiger partial charge in [0.25, 0.3) is 0 Å². The van der Waals surface area contributed by atoms with Gasteiger partial charge in [0.05, 0.1) is 31.3 Å². The van der Waals surface area contributed by atoms with Crippen molar-refractivity contribution in [2.75, 3.05) is 6.61 Å². The first kappa shape index (κ1) is 59.5. The number of allylic oxidation sites excluding steroid dienone is 5. The Morgan fingerprint density at radius 1 is 0.556 bits per heavy atom. The second-order valence-corrected chi connectivity index (χ2v) is 19.2. The van der Waals surface area contributed by atoms with Crippen molar-refractivity contribution in [1.29, 1.82) is 0 Å². The van der Waals surface area contributed by atoms with Gasteiger partial charge in [0, 0.05) is 0 Å². The number of nitrogens with one attached hydrogen (secondary N) is 1. The van der Waals surface area contributed by atoms with Gasteiger partial charge in [-0.15, -0.1) is 0 Å². The highest BCUT2D eigenvalue weighted by atomic mass is 31.2. The van der Waals surface area contributed by atoms with Crippen molar-refractivity contribution in [1.82, 2.24) is 5.32 Å². The van der Waals surface area contributed by atoms with Crippen LogP contribution in [0.15, 0.2) is 36.5 Å². The van der Waals surface area contributed by atoms with E-state index in [-0.39, 0.29) is 6.42 Å². The second-order valence-electron chi connectivity index (χ2n) is 17.8. The number of phosphoric ester groups is 1. The molecule has 1 aliphatic rings. The van der Waals surface area contributed by atoms with E-state index in [2.05, 4.69) is 43.5 Å². The van der Waals surface area contributed by atoms with Crippen molar-refractivity contribution in [2.45, 2.75) is 261 Å². The van der Waals surface area contributed by atoms with Gasteiger partial charge in [0.1, 0.15) is 36.6 Å².